The molecule has 1 amide bonds. The molecule has 0 saturated carbocycles. The van der Waals surface area contributed by atoms with Crippen LogP contribution in [0.25, 0.3) is 0 Å². The molecule has 174 valence electrons. The highest BCUT2D eigenvalue weighted by Crippen LogP contribution is 2.24. The highest BCUT2D eigenvalue weighted by molar-refractivity contribution is 7.99. The molecular weight excluding hydrogens is 495 g/mol. The van der Waals surface area contributed by atoms with Crippen molar-refractivity contribution in [2.45, 2.75) is 10.6 Å². The lowest BCUT2D eigenvalue weighted by atomic mass is 10.2. The maximum Gasteiger partial charge on any atom is 0.243 e. The number of sulfonamides is 1. The Labute approximate surface area is 202 Å². The van der Waals surface area contributed by atoms with Crippen molar-refractivity contribution >= 4 is 50.9 Å². The topological polar surface area (TPSA) is 84.9 Å². The van der Waals surface area contributed by atoms with Gasteiger partial charge in [-0.25, -0.2) is 8.42 Å². The first kappa shape index (κ1) is 25.1. The molecule has 7 nitrogen and oxygen atoms in total. The zero-order chi connectivity index (χ0) is 23.0. The third-order valence-electron chi connectivity index (χ3n) is 4.63. The quantitative estimate of drug-likeness (QED) is 0.485. The number of amides is 1. The van der Waals surface area contributed by atoms with Gasteiger partial charge in [0.25, 0.3) is 0 Å². The number of thioether (sulfide) groups is 1. The van der Waals surface area contributed by atoms with Crippen molar-refractivity contribution in [3.63, 3.8) is 0 Å². The van der Waals surface area contributed by atoms with Crippen LogP contribution in [-0.4, -0.2) is 63.8 Å². The second-order valence-electron chi connectivity index (χ2n) is 6.91. The molecule has 0 aliphatic carbocycles. The number of morpholine rings is 1. The van der Waals surface area contributed by atoms with Gasteiger partial charge < -0.3 is 14.8 Å². The fourth-order valence-corrected chi connectivity index (χ4v) is 5.77. The largest absolute Gasteiger partial charge is 0.492 e. The van der Waals surface area contributed by atoms with Crippen molar-refractivity contribution in [2.24, 2.45) is 0 Å². The predicted molar refractivity (Wildman–Crippen MR) is 127 cm³/mol. The fourth-order valence-electron chi connectivity index (χ4n) is 2.95. The molecule has 11 heteroatoms. The minimum Gasteiger partial charge on any atom is -0.492 e. The second-order valence-corrected chi connectivity index (χ2v) is 10.7. The van der Waals surface area contributed by atoms with Crippen LogP contribution in [0.1, 0.15) is 5.56 Å². The van der Waals surface area contributed by atoms with Crippen LogP contribution in [0.15, 0.2) is 47.4 Å². The number of carbonyl (C=O) groups is 1. The Balaban J connectivity index is 1.35. The minimum atomic E-state index is -3.53. The maximum atomic E-state index is 12.6. The van der Waals surface area contributed by atoms with Gasteiger partial charge in [0, 0.05) is 28.9 Å². The third-order valence-corrected chi connectivity index (χ3v) is 8.11. The van der Waals surface area contributed by atoms with Crippen LogP contribution in [-0.2, 0) is 25.3 Å². The summed E-state index contributed by atoms with van der Waals surface area (Å²) in [5, 5.41) is 3.95. The lowest BCUT2D eigenvalue weighted by molar-refractivity contribution is -0.118. The van der Waals surface area contributed by atoms with E-state index in [0.29, 0.717) is 60.1 Å². The summed E-state index contributed by atoms with van der Waals surface area (Å²) in [6.07, 6.45) is 0. The molecule has 0 bridgehead atoms. The summed E-state index contributed by atoms with van der Waals surface area (Å²) >= 11 is 13.5. The molecule has 1 aliphatic rings. The van der Waals surface area contributed by atoms with E-state index in [9.17, 15) is 13.2 Å². The Hall–Kier alpha value is -1.49. The molecular formula is C21H24Cl2N2O5S2. The second kappa shape index (κ2) is 12.1. The molecule has 1 saturated heterocycles. The number of nitrogens with zero attached hydrogens (tertiary/aromatic N) is 1. The van der Waals surface area contributed by atoms with Gasteiger partial charge in [-0.05, 0) is 42.0 Å². The van der Waals surface area contributed by atoms with Crippen LogP contribution in [0, 0.1) is 0 Å². The molecule has 0 aromatic heterocycles. The Bertz CT molecular complexity index is 1010. The first-order chi connectivity index (χ1) is 15.4. The fraction of sp³-hybridized carbons (Fsp3) is 0.381. The molecule has 1 fully saturated rings. The van der Waals surface area contributed by atoms with E-state index in [4.69, 9.17) is 32.7 Å². The van der Waals surface area contributed by atoms with Gasteiger partial charge in [-0.15, -0.1) is 11.8 Å². The average molecular weight is 519 g/mol. The van der Waals surface area contributed by atoms with Gasteiger partial charge in [0.15, 0.2) is 0 Å². The molecule has 32 heavy (non-hydrogen) atoms. The molecule has 0 spiro atoms. The van der Waals surface area contributed by atoms with Crippen LogP contribution < -0.4 is 10.1 Å². The summed E-state index contributed by atoms with van der Waals surface area (Å²) in [4.78, 5) is 12.2. The average Bonchev–Trinajstić information content (AvgIpc) is 2.79. The number of benzene rings is 2. The highest BCUT2D eigenvalue weighted by Gasteiger charge is 2.26. The van der Waals surface area contributed by atoms with Gasteiger partial charge in [-0.3, -0.25) is 4.79 Å². The number of hydrogen-bond acceptors (Lipinski definition) is 6. The summed E-state index contributed by atoms with van der Waals surface area (Å²) in [6, 6.07) is 11.6. The summed E-state index contributed by atoms with van der Waals surface area (Å²) in [5.74, 6) is 1.34. The van der Waals surface area contributed by atoms with Gasteiger partial charge in [0.2, 0.25) is 15.9 Å². The molecule has 0 radical (unpaired) electrons. The molecule has 3 rings (SSSR count). The lowest BCUT2D eigenvalue weighted by Crippen LogP contribution is -2.40. The summed E-state index contributed by atoms with van der Waals surface area (Å²) in [7, 11) is -3.53. The van der Waals surface area contributed by atoms with E-state index in [2.05, 4.69) is 5.32 Å². The van der Waals surface area contributed by atoms with Gasteiger partial charge in [-0.1, -0.05) is 29.3 Å². The minimum absolute atomic E-state index is 0.101. The molecule has 2 aromatic carbocycles. The standard InChI is InChI=1S/C21H24Cl2N2O5S2/c22-17-2-1-16(20(23)13-17)14-31-15-21(26)24-7-10-30-18-3-5-19(6-4-18)32(27,28)25-8-11-29-12-9-25/h1-6,13H,7-12,14-15H2,(H,24,26). The van der Waals surface area contributed by atoms with Crippen molar-refractivity contribution in [3.05, 3.63) is 58.1 Å². The van der Waals surface area contributed by atoms with Gasteiger partial charge >= 0.3 is 0 Å². The van der Waals surface area contributed by atoms with E-state index in [1.807, 2.05) is 6.07 Å². The van der Waals surface area contributed by atoms with Crippen molar-refractivity contribution < 1.29 is 22.7 Å². The Kier molecular flexibility index (Phi) is 9.51. The molecule has 1 N–H and O–H groups in total. The SMILES string of the molecule is O=C(CSCc1ccc(Cl)cc1Cl)NCCOc1ccc(S(=O)(=O)N2CCOCC2)cc1. The number of carbonyl (C=O) groups excluding carboxylic acids is 1. The first-order valence-electron chi connectivity index (χ1n) is 9.95. The number of ether oxygens (including phenoxy) is 2. The van der Waals surface area contributed by atoms with E-state index in [0.717, 1.165) is 5.56 Å². The molecule has 1 heterocycles. The Morgan fingerprint density at radius 2 is 1.84 bits per heavy atom. The van der Waals surface area contributed by atoms with Crippen LogP contribution in [0.5, 0.6) is 5.75 Å². The number of hydrogen-bond donors (Lipinski definition) is 1. The van der Waals surface area contributed by atoms with Crippen molar-refractivity contribution in [3.8, 4) is 5.75 Å². The number of rotatable bonds is 10. The number of nitrogens with one attached hydrogen (secondary N) is 1. The van der Waals surface area contributed by atoms with Crippen molar-refractivity contribution in [2.75, 3.05) is 45.2 Å². The summed E-state index contributed by atoms with van der Waals surface area (Å²) < 4.78 is 37.4. The van der Waals surface area contributed by atoms with Crippen LogP contribution in [0.3, 0.4) is 0 Å². The lowest BCUT2D eigenvalue weighted by Gasteiger charge is -2.26. The van der Waals surface area contributed by atoms with Gasteiger partial charge in [0.05, 0.1) is 30.4 Å². The van der Waals surface area contributed by atoms with Gasteiger partial charge in [-0.2, -0.15) is 4.31 Å². The first-order valence-corrected chi connectivity index (χ1v) is 13.3. The van der Waals surface area contributed by atoms with E-state index in [1.165, 1.54) is 28.2 Å². The molecule has 1 aliphatic heterocycles. The Morgan fingerprint density at radius 3 is 2.53 bits per heavy atom. The monoisotopic (exact) mass is 518 g/mol. The van der Waals surface area contributed by atoms with E-state index >= 15 is 0 Å². The van der Waals surface area contributed by atoms with E-state index in [1.54, 1.807) is 24.3 Å². The third kappa shape index (κ3) is 7.26. The maximum absolute atomic E-state index is 12.6. The van der Waals surface area contributed by atoms with Gasteiger partial charge in [0.1, 0.15) is 12.4 Å². The number of halogens is 2. The van der Waals surface area contributed by atoms with Crippen molar-refractivity contribution in [1.29, 1.82) is 0 Å². The van der Waals surface area contributed by atoms with E-state index < -0.39 is 10.0 Å². The summed E-state index contributed by atoms with van der Waals surface area (Å²) in [6.45, 7) is 2.12. The zero-order valence-electron chi connectivity index (χ0n) is 17.3. The summed E-state index contributed by atoms with van der Waals surface area (Å²) in [5.41, 5.74) is 0.927. The zero-order valence-corrected chi connectivity index (χ0v) is 20.4. The normalized spacial score (nSPS) is 14.8. The van der Waals surface area contributed by atoms with E-state index in [-0.39, 0.29) is 17.4 Å². The Morgan fingerprint density at radius 1 is 1.12 bits per heavy atom. The van der Waals surface area contributed by atoms with Crippen LogP contribution in [0.4, 0.5) is 0 Å². The van der Waals surface area contributed by atoms with Crippen LogP contribution >= 0.6 is 35.0 Å². The van der Waals surface area contributed by atoms with Crippen molar-refractivity contribution in [1.82, 2.24) is 9.62 Å². The van der Waals surface area contributed by atoms with Crippen LogP contribution in [0.2, 0.25) is 10.0 Å². The molecule has 0 unspecified atom stereocenters. The predicted octanol–water partition coefficient (Wildman–Crippen LogP) is 3.44. The molecule has 0 atom stereocenters. The highest BCUT2D eigenvalue weighted by atomic mass is 35.5. The molecule has 2 aromatic rings. The smallest absolute Gasteiger partial charge is 0.243 e.